The molecule has 0 bridgehead atoms. The number of hydrogen-bond acceptors (Lipinski definition) is 1. The first-order valence-corrected chi connectivity index (χ1v) is 6.23. The molecule has 0 aromatic rings. The van der Waals surface area contributed by atoms with E-state index < -0.39 is 0 Å². The Morgan fingerprint density at radius 2 is 2.07 bits per heavy atom. The van der Waals surface area contributed by atoms with Gasteiger partial charge in [0.05, 0.1) is 20.0 Å². The van der Waals surface area contributed by atoms with Crippen LogP contribution in [-0.4, -0.2) is 15.9 Å². The largest absolute Gasteiger partial charge is 0.348 e. The van der Waals surface area contributed by atoms with Gasteiger partial charge in [-0.3, -0.25) is 4.79 Å². The summed E-state index contributed by atoms with van der Waals surface area (Å²) >= 11 is 13.9. The molecule has 0 radical (unpaired) electrons. The van der Waals surface area contributed by atoms with Crippen LogP contribution < -0.4 is 5.32 Å². The molecule has 5 heteroatoms. The van der Waals surface area contributed by atoms with Crippen LogP contribution in [0.5, 0.6) is 0 Å². The van der Waals surface area contributed by atoms with Crippen molar-refractivity contribution in [2.75, 3.05) is 0 Å². The van der Waals surface area contributed by atoms with Crippen LogP contribution in [0.3, 0.4) is 0 Å². The van der Waals surface area contributed by atoms with Crippen molar-refractivity contribution in [3.8, 4) is 0 Å². The summed E-state index contributed by atoms with van der Waals surface area (Å²) in [7, 11) is 0. The molecule has 0 saturated heterocycles. The zero-order chi connectivity index (χ0) is 10.7. The molecule has 78 valence electrons. The van der Waals surface area contributed by atoms with Gasteiger partial charge in [0.25, 0.3) is 0 Å². The van der Waals surface area contributed by atoms with E-state index in [1.54, 1.807) is 6.08 Å². The topological polar surface area (TPSA) is 29.1 Å². The number of nitrogens with one attached hydrogen (secondary N) is 1. The minimum Gasteiger partial charge on any atom is -0.348 e. The molecular weight excluding hydrogens is 336 g/mol. The molecule has 0 aromatic carbocycles. The van der Waals surface area contributed by atoms with E-state index in [2.05, 4.69) is 27.9 Å². The van der Waals surface area contributed by atoms with Gasteiger partial charge < -0.3 is 5.32 Å². The average molecular weight is 346 g/mol. The highest BCUT2D eigenvalue weighted by Gasteiger charge is 2.22. The summed E-state index contributed by atoms with van der Waals surface area (Å²) < 4.78 is 0.151. The molecule has 14 heavy (non-hydrogen) atoms. The Morgan fingerprint density at radius 1 is 1.50 bits per heavy atom. The van der Waals surface area contributed by atoms with Crippen LogP contribution in [0.1, 0.15) is 13.3 Å². The molecule has 1 amide bonds. The van der Waals surface area contributed by atoms with Gasteiger partial charge >= 0.3 is 0 Å². The number of allylic oxidation sites excluding steroid dienone is 2. The average Bonchev–Trinajstić information content (AvgIpc) is 2.14. The lowest BCUT2D eigenvalue weighted by Gasteiger charge is -2.22. The first-order chi connectivity index (χ1) is 6.54. The van der Waals surface area contributed by atoms with Gasteiger partial charge in [-0.25, -0.2) is 0 Å². The predicted molar refractivity (Wildman–Crippen MR) is 67.9 cm³/mol. The van der Waals surface area contributed by atoms with Crippen molar-refractivity contribution in [3.05, 3.63) is 22.2 Å². The molecule has 0 saturated carbocycles. The first kappa shape index (κ1) is 12.3. The SMILES string of the molecule is CCC(=O)NC1C=C(Cl)C(Cl)=C[C@@H]1I. The molecule has 2 nitrogen and oxygen atoms in total. The molecular formula is C9H10Cl2INO. The third kappa shape index (κ3) is 3.14. The van der Waals surface area contributed by atoms with Crippen molar-refractivity contribution in [1.82, 2.24) is 5.32 Å². The zero-order valence-corrected chi connectivity index (χ0v) is 11.2. The van der Waals surface area contributed by atoms with Crippen LogP contribution in [-0.2, 0) is 4.79 Å². The van der Waals surface area contributed by atoms with Crippen molar-refractivity contribution in [3.63, 3.8) is 0 Å². The minimum absolute atomic E-state index is 0.0174. The lowest BCUT2D eigenvalue weighted by Crippen LogP contribution is -2.39. The Bertz CT molecular complexity index is 301. The van der Waals surface area contributed by atoms with E-state index in [9.17, 15) is 4.79 Å². The third-order valence-electron chi connectivity index (χ3n) is 1.85. The Hall–Kier alpha value is 0.260. The molecule has 1 unspecified atom stereocenters. The van der Waals surface area contributed by atoms with Gasteiger partial charge in [-0.05, 0) is 12.2 Å². The van der Waals surface area contributed by atoms with Crippen molar-refractivity contribution < 1.29 is 4.79 Å². The quantitative estimate of drug-likeness (QED) is 0.605. The minimum atomic E-state index is -0.0574. The molecule has 0 spiro atoms. The van der Waals surface area contributed by atoms with Gasteiger partial charge in [0.15, 0.2) is 0 Å². The van der Waals surface area contributed by atoms with Crippen LogP contribution in [0.2, 0.25) is 0 Å². The number of carbonyl (C=O) groups is 1. The van der Waals surface area contributed by atoms with Gasteiger partial charge in [-0.15, -0.1) is 0 Å². The van der Waals surface area contributed by atoms with Crippen LogP contribution in [0.15, 0.2) is 22.2 Å². The summed E-state index contributed by atoms with van der Waals surface area (Å²) in [5.74, 6) is 0.0174. The molecule has 1 N–H and O–H groups in total. The van der Waals surface area contributed by atoms with Crippen LogP contribution >= 0.6 is 45.8 Å². The van der Waals surface area contributed by atoms with Gasteiger partial charge in [0.1, 0.15) is 0 Å². The number of hydrogen-bond donors (Lipinski definition) is 1. The van der Waals surface area contributed by atoms with Gasteiger partial charge in [0.2, 0.25) is 5.91 Å². The van der Waals surface area contributed by atoms with E-state index in [4.69, 9.17) is 23.2 Å². The maximum absolute atomic E-state index is 11.2. The van der Waals surface area contributed by atoms with E-state index >= 15 is 0 Å². The van der Waals surface area contributed by atoms with Gasteiger partial charge in [-0.1, -0.05) is 52.7 Å². The van der Waals surface area contributed by atoms with E-state index in [0.29, 0.717) is 16.5 Å². The van der Waals surface area contributed by atoms with E-state index in [1.807, 2.05) is 13.0 Å². The fourth-order valence-electron chi connectivity index (χ4n) is 1.06. The smallest absolute Gasteiger partial charge is 0.220 e. The van der Waals surface area contributed by atoms with Crippen LogP contribution in [0.25, 0.3) is 0 Å². The predicted octanol–water partition coefficient (Wildman–Crippen LogP) is 2.94. The van der Waals surface area contributed by atoms with Gasteiger partial charge in [-0.2, -0.15) is 0 Å². The second-order valence-electron chi connectivity index (χ2n) is 2.92. The van der Waals surface area contributed by atoms with Crippen molar-refractivity contribution in [2.24, 2.45) is 0 Å². The standard InChI is InChI=1S/C9H10Cl2INO/c1-2-9(14)13-8-4-6(11)5(10)3-7(8)12/h3-4,7-8H,2H2,1H3,(H,13,14)/t7-,8?/m0/s1. The summed E-state index contributed by atoms with van der Waals surface area (Å²) in [5.41, 5.74) is 0. The van der Waals surface area contributed by atoms with Crippen molar-refractivity contribution in [1.29, 1.82) is 0 Å². The normalized spacial score (nSPS) is 26.6. The number of carbonyl (C=O) groups excluding carboxylic acids is 1. The fourth-order valence-corrected chi connectivity index (χ4v) is 2.42. The number of halogens is 3. The highest BCUT2D eigenvalue weighted by molar-refractivity contribution is 14.1. The van der Waals surface area contributed by atoms with E-state index in [1.165, 1.54) is 0 Å². The first-order valence-electron chi connectivity index (χ1n) is 4.23. The van der Waals surface area contributed by atoms with E-state index in [-0.39, 0.29) is 15.9 Å². The van der Waals surface area contributed by atoms with Crippen molar-refractivity contribution >= 4 is 51.7 Å². The van der Waals surface area contributed by atoms with Crippen LogP contribution in [0.4, 0.5) is 0 Å². The monoisotopic (exact) mass is 345 g/mol. The Balaban J connectivity index is 2.69. The lowest BCUT2D eigenvalue weighted by molar-refractivity contribution is -0.121. The van der Waals surface area contributed by atoms with Gasteiger partial charge in [0, 0.05) is 6.42 Å². The summed E-state index contributed by atoms with van der Waals surface area (Å²) in [6, 6.07) is -0.0574. The summed E-state index contributed by atoms with van der Waals surface area (Å²) in [4.78, 5) is 11.2. The van der Waals surface area contributed by atoms with E-state index in [0.717, 1.165) is 0 Å². The Kier molecular flexibility index (Phi) is 4.73. The number of rotatable bonds is 2. The Morgan fingerprint density at radius 3 is 2.64 bits per heavy atom. The molecule has 0 aromatic heterocycles. The molecule has 0 aliphatic heterocycles. The lowest BCUT2D eigenvalue weighted by atomic mass is 10.1. The Labute approximate surface area is 107 Å². The second kappa shape index (κ2) is 5.37. The molecule has 0 fully saturated rings. The molecule has 1 aliphatic rings. The maximum Gasteiger partial charge on any atom is 0.220 e. The molecule has 0 heterocycles. The molecule has 1 rings (SSSR count). The molecule has 2 atom stereocenters. The second-order valence-corrected chi connectivity index (χ2v) is 5.17. The zero-order valence-electron chi connectivity index (χ0n) is 7.56. The summed E-state index contributed by atoms with van der Waals surface area (Å²) in [6.45, 7) is 1.81. The summed E-state index contributed by atoms with van der Waals surface area (Å²) in [5, 5.41) is 3.91. The molecule has 1 aliphatic carbocycles. The summed E-state index contributed by atoms with van der Waals surface area (Å²) in [6.07, 6.45) is 4.09. The third-order valence-corrected chi connectivity index (χ3v) is 3.74. The number of alkyl halides is 1. The number of amides is 1. The van der Waals surface area contributed by atoms with Crippen LogP contribution in [0, 0.1) is 0 Å². The maximum atomic E-state index is 11.2. The van der Waals surface area contributed by atoms with Crippen molar-refractivity contribution in [2.45, 2.75) is 23.3 Å². The fraction of sp³-hybridized carbons (Fsp3) is 0.444. The highest BCUT2D eigenvalue weighted by atomic mass is 127. The highest BCUT2D eigenvalue weighted by Crippen LogP contribution is 2.28.